The maximum Gasteiger partial charge on any atom is 0.352 e. The summed E-state index contributed by atoms with van der Waals surface area (Å²) < 4.78 is 12.6. The van der Waals surface area contributed by atoms with Gasteiger partial charge in [0.25, 0.3) is 0 Å². The van der Waals surface area contributed by atoms with E-state index in [2.05, 4.69) is 27.5 Å². The molecule has 1 atom stereocenters. The second kappa shape index (κ2) is 10.7. The molecule has 5 rings (SSSR count). The molecule has 0 radical (unpaired) electrons. The molecular formula is C30H24BrN3O3. The number of nitrogens with one attached hydrogen (secondary N) is 1. The maximum absolute atomic E-state index is 13.0. The van der Waals surface area contributed by atoms with Crippen molar-refractivity contribution in [3.8, 4) is 28.3 Å². The fourth-order valence-electron chi connectivity index (χ4n) is 4.13. The molecule has 0 aliphatic carbocycles. The van der Waals surface area contributed by atoms with Gasteiger partial charge in [-0.05, 0) is 24.3 Å². The molecule has 0 amide bonds. The molecule has 0 saturated carbocycles. The molecule has 0 aliphatic heterocycles. The lowest BCUT2D eigenvalue weighted by Gasteiger charge is -2.20. The van der Waals surface area contributed by atoms with Gasteiger partial charge in [-0.15, -0.1) is 0 Å². The largest absolute Gasteiger partial charge is 0.458 e. The third-order valence-corrected chi connectivity index (χ3v) is 6.41. The summed E-state index contributed by atoms with van der Waals surface area (Å²) in [7, 11) is 0. The fraction of sp³-hybridized carbons (Fsp3) is 0.0667. The summed E-state index contributed by atoms with van der Waals surface area (Å²) >= 11 is 3.56. The highest BCUT2D eigenvalue weighted by Crippen LogP contribution is 2.41. The molecule has 3 aromatic carbocycles. The van der Waals surface area contributed by atoms with Crippen molar-refractivity contribution < 1.29 is 14.3 Å². The van der Waals surface area contributed by atoms with Crippen molar-refractivity contribution in [2.45, 2.75) is 6.10 Å². The van der Waals surface area contributed by atoms with Gasteiger partial charge >= 0.3 is 5.97 Å². The van der Waals surface area contributed by atoms with E-state index in [-0.39, 0.29) is 12.5 Å². The van der Waals surface area contributed by atoms with Crippen LogP contribution in [0.15, 0.2) is 108 Å². The van der Waals surface area contributed by atoms with Crippen LogP contribution in [0.5, 0.6) is 5.88 Å². The number of carbonyl (C=O) groups excluding carboxylic acids is 1. The number of esters is 1. The molecule has 37 heavy (non-hydrogen) atoms. The zero-order valence-corrected chi connectivity index (χ0v) is 21.4. The first-order valence-electron chi connectivity index (χ1n) is 11.7. The van der Waals surface area contributed by atoms with Crippen LogP contribution in [-0.2, 0) is 9.53 Å². The molecule has 0 spiro atoms. The van der Waals surface area contributed by atoms with Crippen molar-refractivity contribution in [2.24, 2.45) is 0 Å². The molecule has 2 aromatic heterocycles. The smallest absolute Gasteiger partial charge is 0.352 e. The Balaban J connectivity index is 1.67. The van der Waals surface area contributed by atoms with Crippen LogP contribution in [0.3, 0.4) is 0 Å². The van der Waals surface area contributed by atoms with Gasteiger partial charge in [0.1, 0.15) is 12.3 Å². The number of ether oxygens (including phenoxy) is 2. The molecule has 0 bridgehead atoms. The van der Waals surface area contributed by atoms with Crippen LogP contribution in [0.2, 0.25) is 0 Å². The van der Waals surface area contributed by atoms with Gasteiger partial charge in [-0.3, -0.25) is 0 Å². The zero-order valence-electron chi connectivity index (χ0n) is 19.9. The number of H-pyrrole nitrogens is 1. The molecule has 7 heteroatoms. The van der Waals surface area contributed by atoms with Gasteiger partial charge in [0.15, 0.2) is 0 Å². The summed E-state index contributed by atoms with van der Waals surface area (Å²) in [6, 6.07) is 26.8. The highest BCUT2D eigenvalue weighted by molar-refractivity contribution is 9.10. The number of nitrogen functional groups attached to an aromatic ring is 1. The van der Waals surface area contributed by atoms with E-state index >= 15 is 0 Å². The Morgan fingerprint density at radius 1 is 1.03 bits per heavy atom. The summed E-state index contributed by atoms with van der Waals surface area (Å²) in [5.41, 5.74) is 11.8. The van der Waals surface area contributed by atoms with Crippen molar-refractivity contribution in [2.75, 3.05) is 12.3 Å². The first-order valence-corrected chi connectivity index (χ1v) is 12.5. The summed E-state index contributed by atoms with van der Waals surface area (Å²) in [4.78, 5) is 21.1. The highest BCUT2D eigenvalue weighted by Gasteiger charge is 2.27. The molecule has 5 aromatic rings. The van der Waals surface area contributed by atoms with Gasteiger partial charge in [0.05, 0.1) is 5.69 Å². The minimum absolute atomic E-state index is 0.0635. The van der Waals surface area contributed by atoms with E-state index in [0.717, 1.165) is 32.1 Å². The molecule has 2 heterocycles. The van der Waals surface area contributed by atoms with E-state index in [0.29, 0.717) is 16.9 Å². The Morgan fingerprint density at radius 3 is 2.49 bits per heavy atom. The van der Waals surface area contributed by atoms with E-state index in [1.807, 2.05) is 79.0 Å². The summed E-state index contributed by atoms with van der Waals surface area (Å²) in [5, 5.41) is 0.988. The summed E-state index contributed by atoms with van der Waals surface area (Å²) in [5.74, 6) is -0.417. The third kappa shape index (κ3) is 5.13. The quantitative estimate of drug-likeness (QED) is 0.158. The molecule has 0 saturated heterocycles. The van der Waals surface area contributed by atoms with Gasteiger partial charge < -0.3 is 20.2 Å². The van der Waals surface area contributed by atoms with Crippen molar-refractivity contribution in [1.82, 2.24) is 9.97 Å². The number of halogens is 1. The van der Waals surface area contributed by atoms with Crippen LogP contribution in [0, 0.1) is 0 Å². The van der Waals surface area contributed by atoms with E-state index in [1.165, 1.54) is 6.08 Å². The Labute approximate surface area is 222 Å². The Bertz CT molecular complexity index is 1570. The lowest BCUT2D eigenvalue weighted by atomic mass is 10.0. The minimum Gasteiger partial charge on any atom is -0.458 e. The van der Waals surface area contributed by atoms with Gasteiger partial charge in [-0.2, -0.15) is 0 Å². The van der Waals surface area contributed by atoms with Crippen molar-refractivity contribution in [1.29, 1.82) is 0 Å². The molecule has 184 valence electrons. The van der Waals surface area contributed by atoms with E-state index in [9.17, 15) is 4.79 Å². The normalized spacial score (nSPS) is 11.7. The predicted molar refractivity (Wildman–Crippen MR) is 150 cm³/mol. The molecule has 0 aliphatic rings. The first kappa shape index (κ1) is 24.3. The van der Waals surface area contributed by atoms with E-state index in [1.54, 1.807) is 12.1 Å². The van der Waals surface area contributed by atoms with Gasteiger partial charge in [-0.25, -0.2) is 9.78 Å². The van der Waals surface area contributed by atoms with E-state index in [4.69, 9.17) is 20.2 Å². The highest BCUT2D eigenvalue weighted by atomic mass is 79.9. The number of aromatic amines is 1. The minimum atomic E-state index is -1.06. The van der Waals surface area contributed by atoms with Crippen LogP contribution in [0.4, 0.5) is 5.69 Å². The summed E-state index contributed by atoms with van der Waals surface area (Å²) in [6.45, 7) is 3.69. The number of hydrogen-bond donors (Lipinski definition) is 2. The zero-order chi connectivity index (χ0) is 25.8. The van der Waals surface area contributed by atoms with Gasteiger partial charge in [0.2, 0.25) is 12.0 Å². The monoisotopic (exact) mass is 553 g/mol. The number of hydrogen-bond acceptors (Lipinski definition) is 5. The first-order chi connectivity index (χ1) is 18.0. The number of nitrogens with two attached hydrogens (primary N) is 1. The van der Waals surface area contributed by atoms with Crippen molar-refractivity contribution >= 4 is 38.5 Å². The number of nitrogens with zero attached hydrogens (tertiary/aromatic N) is 1. The molecule has 1 unspecified atom stereocenters. The van der Waals surface area contributed by atoms with Crippen molar-refractivity contribution in [3.63, 3.8) is 0 Å². The maximum atomic E-state index is 13.0. The lowest BCUT2D eigenvalue weighted by molar-refractivity contribution is -0.151. The Kier molecular flexibility index (Phi) is 7.05. The average molecular weight is 554 g/mol. The van der Waals surface area contributed by atoms with Gasteiger partial charge in [0, 0.05) is 43.8 Å². The van der Waals surface area contributed by atoms with Crippen LogP contribution in [-0.4, -0.2) is 22.5 Å². The average Bonchev–Trinajstić information content (AvgIpc) is 3.35. The van der Waals surface area contributed by atoms with Crippen molar-refractivity contribution in [3.05, 3.63) is 114 Å². The second-order valence-corrected chi connectivity index (χ2v) is 9.28. The topological polar surface area (TPSA) is 90.2 Å². The standard InChI is InChI=1S/C30H24BrN3O3/c1-2-15-36-30(35)28(20-11-7-4-8-12-20)37-29-27(32)23(17-26(34-29)19-9-5-3-6-10-19)24-18-33-25-14-13-21(31)16-22(24)25/h2-14,16-18,28,33H,1,15,32H2. The number of pyridine rings is 1. The number of rotatable bonds is 8. The third-order valence-electron chi connectivity index (χ3n) is 5.92. The van der Waals surface area contributed by atoms with Crippen LogP contribution < -0.4 is 10.5 Å². The fourth-order valence-corrected chi connectivity index (χ4v) is 4.49. The number of carbonyl (C=O) groups is 1. The molecule has 3 N–H and O–H groups in total. The second-order valence-electron chi connectivity index (χ2n) is 8.36. The van der Waals surface area contributed by atoms with Gasteiger partial charge in [-0.1, -0.05) is 89.2 Å². The lowest BCUT2D eigenvalue weighted by Crippen LogP contribution is -2.22. The van der Waals surface area contributed by atoms with E-state index < -0.39 is 12.1 Å². The number of benzene rings is 3. The molecular weight excluding hydrogens is 530 g/mol. The van der Waals surface area contributed by atoms with Crippen LogP contribution in [0.1, 0.15) is 11.7 Å². The summed E-state index contributed by atoms with van der Waals surface area (Å²) in [6.07, 6.45) is 2.36. The Morgan fingerprint density at radius 2 is 1.76 bits per heavy atom. The number of anilines is 1. The Hall–Kier alpha value is -4.36. The SMILES string of the molecule is C=CCOC(=O)C(Oc1nc(-c2ccccc2)cc(-c2c[nH]c3ccc(Br)cc23)c1N)c1ccccc1. The molecule has 6 nitrogen and oxygen atoms in total. The predicted octanol–water partition coefficient (Wildman–Crippen LogP) is 7.09. The van der Waals surface area contributed by atoms with Crippen LogP contribution in [0.25, 0.3) is 33.3 Å². The number of aromatic nitrogens is 2. The van der Waals surface area contributed by atoms with Crippen LogP contribution >= 0.6 is 15.9 Å². The number of fused-ring (bicyclic) bond motifs is 1. The molecule has 0 fully saturated rings.